The van der Waals surface area contributed by atoms with Gasteiger partial charge < -0.3 is 9.64 Å². The summed E-state index contributed by atoms with van der Waals surface area (Å²) < 4.78 is 47.0. The van der Waals surface area contributed by atoms with E-state index >= 15 is 0 Å². The van der Waals surface area contributed by atoms with E-state index in [0.717, 1.165) is 17.4 Å². The largest absolute Gasteiger partial charge is 0.482 e. The van der Waals surface area contributed by atoms with Gasteiger partial charge in [-0.1, -0.05) is 6.07 Å². The van der Waals surface area contributed by atoms with Gasteiger partial charge in [0.2, 0.25) is 0 Å². The van der Waals surface area contributed by atoms with Gasteiger partial charge in [0.15, 0.2) is 11.7 Å². The number of likely N-dealkylation sites (N-methyl/N-ethyl adjacent to an activating group) is 1. The van der Waals surface area contributed by atoms with Crippen LogP contribution in [0.4, 0.5) is 15.2 Å². The van der Waals surface area contributed by atoms with Gasteiger partial charge in [-0.05, 0) is 49.7 Å². The molecule has 0 saturated heterocycles. The van der Waals surface area contributed by atoms with Crippen molar-refractivity contribution in [1.82, 2.24) is 4.98 Å². The number of thiazole rings is 1. The Balaban J connectivity index is 1.63. The molecular formula is C20H18FN3O4S2. The van der Waals surface area contributed by atoms with Gasteiger partial charge in [0, 0.05) is 17.5 Å². The van der Waals surface area contributed by atoms with Crippen LogP contribution < -0.4 is 14.4 Å². The van der Waals surface area contributed by atoms with Gasteiger partial charge in [-0.3, -0.25) is 9.52 Å². The number of aryl methyl sites for hydroxylation is 1. The number of aromatic nitrogens is 1. The number of amides is 1. The zero-order chi connectivity index (χ0) is 21.5. The fraction of sp³-hybridized carbons (Fsp3) is 0.200. The van der Waals surface area contributed by atoms with E-state index in [2.05, 4.69) is 9.71 Å². The molecule has 2 heterocycles. The first-order chi connectivity index (χ1) is 14.3. The van der Waals surface area contributed by atoms with E-state index in [-0.39, 0.29) is 17.6 Å². The number of carbonyl (C=O) groups is 1. The Labute approximate surface area is 177 Å². The van der Waals surface area contributed by atoms with E-state index in [9.17, 15) is 17.6 Å². The molecule has 0 unspecified atom stereocenters. The first-order valence-electron chi connectivity index (χ1n) is 9.10. The normalized spacial score (nSPS) is 13.7. The zero-order valence-electron chi connectivity index (χ0n) is 16.2. The lowest BCUT2D eigenvalue weighted by molar-refractivity contribution is -0.121. The summed E-state index contributed by atoms with van der Waals surface area (Å²) >= 11 is 1.08. The van der Waals surface area contributed by atoms with Crippen LogP contribution in [0.1, 0.15) is 12.5 Å². The molecule has 2 aromatic carbocycles. The highest BCUT2D eigenvalue weighted by Gasteiger charge is 2.25. The Hall–Kier alpha value is -2.98. The number of halogens is 1. The molecule has 1 aliphatic rings. The molecule has 7 nitrogen and oxygen atoms in total. The topological polar surface area (TPSA) is 88.6 Å². The second-order valence-corrected chi connectivity index (χ2v) is 9.20. The highest BCUT2D eigenvalue weighted by Crippen LogP contribution is 2.37. The average molecular weight is 448 g/mol. The maximum Gasteiger partial charge on any atom is 0.266 e. The molecule has 0 saturated carbocycles. The van der Waals surface area contributed by atoms with Gasteiger partial charge in [0.25, 0.3) is 15.9 Å². The van der Waals surface area contributed by atoms with Crippen molar-refractivity contribution in [2.75, 3.05) is 22.8 Å². The molecule has 0 radical (unpaired) electrons. The van der Waals surface area contributed by atoms with Crippen LogP contribution >= 0.6 is 11.3 Å². The molecule has 0 fully saturated rings. The van der Waals surface area contributed by atoms with Crippen LogP contribution in [0, 0.1) is 12.7 Å². The first kappa shape index (κ1) is 20.3. The molecule has 1 aromatic heterocycles. The van der Waals surface area contributed by atoms with Gasteiger partial charge in [-0.25, -0.2) is 17.8 Å². The van der Waals surface area contributed by atoms with Crippen molar-refractivity contribution in [2.24, 2.45) is 0 Å². The summed E-state index contributed by atoms with van der Waals surface area (Å²) in [6.45, 7) is 4.06. The third-order valence-electron chi connectivity index (χ3n) is 4.62. The summed E-state index contributed by atoms with van der Waals surface area (Å²) in [5, 5.41) is 1.80. The van der Waals surface area contributed by atoms with E-state index in [1.54, 1.807) is 35.4 Å². The maximum atomic E-state index is 14.0. The zero-order valence-corrected chi connectivity index (χ0v) is 17.8. The van der Waals surface area contributed by atoms with Gasteiger partial charge >= 0.3 is 0 Å². The van der Waals surface area contributed by atoms with Crippen molar-refractivity contribution in [3.05, 3.63) is 53.2 Å². The lowest BCUT2D eigenvalue weighted by Gasteiger charge is -2.28. The van der Waals surface area contributed by atoms with Crippen LogP contribution in [0.2, 0.25) is 0 Å². The maximum absolute atomic E-state index is 14.0. The van der Waals surface area contributed by atoms with E-state index < -0.39 is 20.7 Å². The molecule has 156 valence electrons. The molecule has 1 N–H and O–H groups in total. The lowest BCUT2D eigenvalue weighted by atomic mass is 10.1. The Kier molecular flexibility index (Phi) is 5.20. The minimum atomic E-state index is -4.12. The Bertz CT molecular complexity index is 1240. The lowest BCUT2D eigenvalue weighted by Crippen LogP contribution is -2.38. The fourth-order valence-electron chi connectivity index (χ4n) is 3.15. The summed E-state index contributed by atoms with van der Waals surface area (Å²) in [6.07, 6.45) is 0. The number of hydrogen-bond acceptors (Lipinski definition) is 6. The van der Waals surface area contributed by atoms with Crippen LogP contribution in [-0.2, 0) is 14.8 Å². The number of benzene rings is 2. The predicted molar refractivity (Wildman–Crippen MR) is 113 cm³/mol. The predicted octanol–water partition coefficient (Wildman–Crippen LogP) is 3.80. The van der Waals surface area contributed by atoms with Gasteiger partial charge in [-0.15, -0.1) is 11.3 Å². The number of hydrogen-bond donors (Lipinski definition) is 1. The molecule has 0 atom stereocenters. The molecule has 1 aliphatic heterocycles. The van der Waals surface area contributed by atoms with E-state index in [0.29, 0.717) is 34.8 Å². The van der Waals surface area contributed by atoms with E-state index in [4.69, 9.17) is 4.74 Å². The minimum Gasteiger partial charge on any atom is -0.482 e. The first-order valence-corrected chi connectivity index (χ1v) is 11.5. The third kappa shape index (κ3) is 3.75. The number of anilines is 2. The molecule has 0 spiro atoms. The average Bonchev–Trinajstić information content (AvgIpc) is 3.17. The second-order valence-electron chi connectivity index (χ2n) is 6.69. The van der Waals surface area contributed by atoms with Crippen LogP contribution in [0.5, 0.6) is 5.75 Å². The van der Waals surface area contributed by atoms with Gasteiger partial charge in [-0.2, -0.15) is 0 Å². The molecule has 3 aromatic rings. The van der Waals surface area contributed by atoms with Crippen LogP contribution in [-0.4, -0.2) is 32.5 Å². The van der Waals surface area contributed by atoms with Crippen molar-refractivity contribution in [1.29, 1.82) is 0 Å². The summed E-state index contributed by atoms with van der Waals surface area (Å²) in [7, 11) is -4.12. The number of rotatable bonds is 5. The van der Waals surface area contributed by atoms with Crippen molar-refractivity contribution >= 4 is 38.1 Å². The standard InChI is InChI=1S/C20H18FN3O4S2/c1-3-24-16-9-13(5-7-17(16)28-10-19(24)25)15-11-29-20(22-15)23-30(26,27)18-8-12(2)4-6-14(18)21/h4-9,11H,3,10H2,1-2H3,(H,22,23). The number of sulfonamides is 1. The molecular weight excluding hydrogens is 429 g/mol. The van der Waals surface area contributed by atoms with Crippen molar-refractivity contribution in [3.63, 3.8) is 0 Å². The van der Waals surface area contributed by atoms with E-state index in [1.807, 2.05) is 6.92 Å². The quantitative estimate of drug-likeness (QED) is 0.643. The highest BCUT2D eigenvalue weighted by molar-refractivity contribution is 7.93. The number of nitrogens with zero attached hydrogens (tertiary/aromatic N) is 2. The van der Waals surface area contributed by atoms with Crippen molar-refractivity contribution in [3.8, 4) is 17.0 Å². The number of fused-ring (bicyclic) bond motifs is 1. The molecule has 0 bridgehead atoms. The third-order valence-corrected chi connectivity index (χ3v) is 6.86. The summed E-state index contributed by atoms with van der Waals surface area (Å²) in [5.41, 5.74) is 2.50. The van der Waals surface area contributed by atoms with Crippen molar-refractivity contribution < 1.29 is 22.3 Å². The van der Waals surface area contributed by atoms with Crippen LogP contribution in [0.25, 0.3) is 11.3 Å². The van der Waals surface area contributed by atoms with Crippen molar-refractivity contribution in [2.45, 2.75) is 18.7 Å². The highest BCUT2D eigenvalue weighted by atomic mass is 32.2. The monoisotopic (exact) mass is 447 g/mol. The molecule has 4 rings (SSSR count). The summed E-state index contributed by atoms with van der Waals surface area (Å²) in [5.74, 6) is -0.357. The molecule has 10 heteroatoms. The number of ether oxygens (including phenoxy) is 1. The molecule has 0 aliphatic carbocycles. The molecule has 1 amide bonds. The Morgan fingerprint density at radius 1 is 1.27 bits per heavy atom. The van der Waals surface area contributed by atoms with Gasteiger partial charge in [0.1, 0.15) is 16.5 Å². The van der Waals surface area contributed by atoms with Crippen LogP contribution in [0.15, 0.2) is 46.7 Å². The summed E-state index contributed by atoms with van der Waals surface area (Å²) in [6, 6.07) is 9.21. The van der Waals surface area contributed by atoms with E-state index in [1.165, 1.54) is 12.1 Å². The Morgan fingerprint density at radius 3 is 2.83 bits per heavy atom. The second kappa shape index (κ2) is 7.69. The fourth-order valence-corrected chi connectivity index (χ4v) is 5.28. The Morgan fingerprint density at radius 2 is 2.07 bits per heavy atom. The SMILES string of the molecule is CCN1C(=O)COc2ccc(-c3csc(NS(=O)(=O)c4cc(C)ccc4F)n3)cc21. The van der Waals surface area contributed by atoms with Crippen LogP contribution in [0.3, 0.4) is 0 Å². The van der Waals surface area contributed by atoms with Gasteiger partial charge in [0.05, 0.1) is 11.4 Å². The number of carbonyl (C=O) groups excluding carboxylic acids is 1. The molecule has 30 heavy (non-hydrogen) atoms. The number of nitrogens with one attached hydrogen (secondary N) is 1. The smallest absolute Gasteiger partial charge is 0.266 e. The summed E-state index contributed by atoms with van der Waals surface area (Å²) in [4.78, 5) is 17.6. The minimum absolute atomic E-state index is 0.00165.